The Kier molecular flexibility index (Phi) is 2.96. The number of alkyl halides is 3. The summed E-state index contributed by atoms with van der Waals surface area (Å²) < 4.78 is 45.1. The summed E-state index contributed by atoms with van der Waals surface area (Å²) in [5, 5.41) is 3.17. The summed E-state index contributed by atoms with van der Waals surface area (Å²) in [4.78, 5) is 16.9. The zero-order chi connectivity index (χ0) is 13.2. The summed E-state index contributed by atoms with van der Waals surface area (Å²) in [6.45, 7) is 0.179. The van der Waals surface area contributed by atoms with Crippen LogP contribution in [-0.4, -0.2) is 21.6 Å². The Hall–Kier alpha value is -2.45. The molecule has 0 amide bonds. The molecule has 9 heteroatoms. The predicted octanol–water partition coefficient (Wildman–Crippen LogP) is 1.69. The fourth-order valence-corrected chi connectivity index (χ4v) is 1.09. The van der Waals surface area contributed by atoms with Crippen LogP contribution in [0.2, 0.25) is 0 Å². The monoisotopic (exact) mass is 259 g/mol. The van der Waals surface area contributed by atoms with Gasteiger partial charge in [-0.2, -0.15) is 18.2 Å². The van der Waals surface area contributed by atoms with E-state index in [1.165, 1.54) is 12.1 Å². The van der Waals surface area contributed by atoms with E-state index in [-0.39, 0.29) is 23.7 Å². The van der Waals surface area contributed by atoms with Gasteiger partial charge < -0.3 is 9.26 Å². The van der Waals surface area contributed by atoms with Crippen LogP contribution in [0.5, 0.6) is 5.88 Å². The molecule has 0 aliphatic rings. The van der Waals surface area contributed by atoms with Crippen LogP contribution >= 0.6 is 0 Å². The molecule has 18 heavy (non-hydrogen) atoms. The first-order chi connectivity index (χ1) is 8.50. The van der Waals surface area contributed by atoms with Crippen molar-refractivity contribution in [2.24, 2.45) is 0 Å². The Labute approximate surface area is 97.4 Å². The number of aromatic nitrogens is 3. The van der Waals surface area contributed by atoms with Gasteiger partial charge in [-0.15, -0.1) is 0 Å². The molecule has 0 aliphatic heterocycles. The number of ether oxygens (including phenoxy) is 1. The molecule has 0 atom stereocenters. The maximum absolute atomic E-state index is 12.2. The molecule has 0 bridgehead atoms. The molecular weight excluding hydrogens is 255 g/mol. The summed E-state index contributed by atoms with van der Waals surface area (Å²) in [5.41, 5.74) is 0.201. The van der Waals surface area contributed by atoms with E-state index in [9.17, 15) is 18.0 Å². The highest BCUT2D eigenvalue weighted by atomic mass is 19.4. The van der Waals surface area contributed by atoms with Crippen LogP contribution in [-0.2, 0) is 11.0 Å². The Morgan fingerprint density at radius 3 is 2.61 bits per heavy atom. The molecule has 0 radical (unpaired) electrons. The van der Waals surface area contributed by atoms with Gasteiger partial charge in [-0.3, -0.25) is 4.79 Å². The Bertz CT molecular complexity index is 550. The normalized spacial score (nSPS) is 11.3. The first kappa shape index (κ1) is 12.0. The molecule has 6 nitrogen and oxygen atoms in total. The molecule has 0 unspecified atom stereocenters. The fourth-order valence-electron chi connectivity index (χ4n) is 1.09. The molecule has 2 heterocycles. The lowest BCUT2D eigenvalue weighted by Gasteiger charge is -1.97. The van der Waals surface area contributed by atoms with Crippen molar-refractivity contribution in [2.75, 3.05) is 0 Å². The Morgan fingerprint density at radius 1 is 1.33 bits per heavy atom. The summed E-state index contributed by atoms with van der Waals surface area (Å²) >= 11 is 0. The van der Waals surface area contributed by atoms with Crippen LogP contribution in [0.4, 0.5) is 13.2 Å². The number of halogens is 3. The van der Waals surface area contributed by atoms with E-state index in [0.717, 1.165) is 6.20 Å². The SMILES string of the molecule is O=COc1ccc(-c2noc(C(F)(F)F)n2)cn1. The van der Waals surface area contributed by atoms with Gasteiger partial charge in [0, 0.05) is 17.8 Å². The summed E-state index contributed by atoms with van der Waals surface area (Å²) in [6.07, 6.45) is -3.54. The second kappa shape index (κ2) is 4.43. The van der Waals surface area contributed by atoms with Gasteiger partial charge in [-0.1, -0.05) is 5.16 Å². The smallest absolute Gasteiger partial charge is 0.410 e. The van der Waals surface area contributed by atoms with Crippen LogP contribution in [0.15, 0.2) is 22.9 Å². The highest BCUT2D eigenvalue weighted by Crippen LogP contribution is 2.29. The average molecular weight is 259 g/mol. The van der Waals surface area contributed by atoms with E-state index >= 15 is 0 Å². The topological polar surface area (TPSA) is 78.1 Å². The van der Waals surface area contributed by atoms with E-state index < -0.39 is 12.1 Å². The van der Waals surface area contributed by atoms with Gasteiger partial charge in [0.1, 0.15) is 0 Å². The van der Waals surface area contributed by atoms with Crippen LogP contribution in [0.1, 0.15) is 5.89 Å². The highest BCUT2D eigenvalue weighted by Gasteiger charge is 2.38. The van der Waals surface area contributed by atoms with Crippen molar-refractivity contribution in [1.29, 1.82) is 0 Å². The molecule has 0 aliphatic carbocycles. The minimum Gasteiger partial charge on any atom is -0.410 e. The van der Waals surface area contributed by atoms with E-state index in [0.29, 0.717) is 0 Å². The van der Waals surface area contributed by atoms with Gasteiger partial charge in [-0.25, -0.2) is 4.98 Å². The number of carbonyl (C=O) groups excluding carboxylic acids is 1. The van der Waals surface area contributed by atoms with Crippen molar-refractivity contribution in [3.05, 3.63) is 24.2 Å². The van der Waals surface area contributed by atoms with E-state index in [2.05, 4.69) is 24.4 Å². The van der Waals surface area contributed by atoms with Crippen molar-refractivity contribution in [3.63, 3.8) is 0 Å². The summed E-state index contributed by atoms with van der Waals surface area (Å²) in [5.74, 6) is -1.69. The minimum absolute atomic E-state index is 0.00768. The lowest BCUT2D eigenvalue weighted by molar-refractivity contribution is -0.159. The molecule has 0 N–H and O–H groups in total. The van der Waals surface area contributed by atoms with Gasteiger partial charge in [0.15, 0.2) is 0 Å². The van der Waals surface area contributed by atoms with Crippen molar-refractivity contribution in [3.8, 4) is 17.3 Å². The molecule has 2 rings (SSSR count). The number of pyridine rings is 1. The minimum atomic E-state index is -4.70. The number of hydrogen-bond donors (Lipinski definition) is 0. The third-order valence-electron chi connectivity index (χ3n) is 1.83. The van der Waals surface area contributed by atoms with Crippen LogP contribution in [0, 0.1) is 0 Å². The number of nitrogens with zero attached hydrogens (tertiary/aromatic N) is 3. The number of rotatable bonds is 3. The summed E-state index contributed by atoms with van der Waals surface area (Å²) in [7, 11) is 0. The fraction of sp³-hybridized carbons (Fsp3) is 0.111. The maximum atomic E-state index is 12.2. The first-order valence-corrected chi connectivity index (χ1v) is 4.48. The van der Waals surface area contributed by atoms with Gasteiger partial charge in [0.2, 0.25) is 11.7 Å². The zero-order valence-corrected chi connectivity index (χ0v) is 8.51. The molecule has 0 saturated carbocycles. The first-order valence-electron chi connectivity index (χ1n) is 4.48. The predicted molar refractivity (Wildman–Crippen MR) is 49.2 cm³/mol. The molecule has 0 fully saturated rings. The van der Waals surface area contributed by atoms with Crippen molar-refractivity contribution in [1.82, 2.24) is 15.1 Å². The molecule has 0 saturated heterocycles. The van der Waals surface area contributed by atoms with Gasteiger partial charge >= 0.3 is 12.1 Å². The Morgan fingerprint density at radius 2 is 2.11 bits per heavy atom. The summed E-state index contributed by atoms with van der Waals surface area (Å²) in [6, 6.07) is 2.63. The van der Waals surface area contributed by atoms with E-state index in [4.69, 9.17) is 0 Å². The van der Waals surface area contributed by atoms with Gasteiger partial charge in [0.05, 0.1) is 0 Å². The Balaban J connectivity index is 2.26. The van der Waals surface area contributed by atoms with Crippen LogP contribution in [0.25, 0.3) is 11.4 Å². The molecule has 0 spiro atoms. The lowest BCUT2D eigenvalue weighted by atomic mass is 10.3. The quantitative estimate of drug-likeness (QED) is 0.780. The van der Waals surface area contributed by atoms with Crippen molar-refractivity contribution < 1.29 is 27.2 Å². The maximum Gasteiger partial charge on any atom is 0.471 e. The van der Waals surface area contributed by atoms with E-state index in [1.807, 2.05) is 0 Å². The van der Waals surface area contributed by atoms with Gasteiger partial charge in [0.25, 0.3) is 6.47 Å². The highest BCUT2D eigenvalue weighted by molar-refractivity contribution is 5.54. The molecule has 2 aromatic rings. The molecule has 94 valence electrons. The van der Waals surface area contributed by atoms with Crippen LogP contribution < -0.4 is 4.74 Å². The standard InChI is InChI=1S/C9H4F3N3O3/c10-9(11,12)8-14-7(15-18-8)5-1-2-6(13-3-5)17-4-16/h1-4H. The van der Waals surface area contributed by atoms with Crippen LogP contribution in [0.3, 0.4) is 0 Å². The second-order valence-corrected chi connectivity index (χ2v) is 3.02. The lowest BCUT2D eigenvalue weighted by Crippen LogP contribution is -2.04. The third kappa shape index (κ3) is 2.44. The molecule has 0 aromatic carbocycles. The average Bonchev–Trinajstić information content (AvgIpc) is 2.79. The van der Waals surface area contributed by atoms with Crippen molar-refractivity contribution >= 4 is 6.47 Å². The zero-order valence-electron chi connectivity index (χ0n) is 8.51. The second-order valence-electron chi connectivity index (χ2n) is 3.02. The molecule has 2 aromatic heterocycles. The number of hydrogen-bond acceptors (Lipinski definition) is 6. The van der Waals surface area contributed by atoms with Crippen molar-refractivity contribution in [2.45, 2.75) is 6.18 Å². The number of carbonyl (C=O) groups is 1. The molecular formula is C9H4F3N3O3. The third-order valence-corrected chi connectivity index (χ3v) is 1.83. The largest absolute Gasteiger partial charge is 0.471 e. The van der Waals surface area contributed by atoms with E-state index in [1.54, 1.807) is 0 Å². The van der Waals surface area contributed by atoms with Gasteiger partial charge in [-0.05, 0) is 6.07 Å².